The third-order valence-electron chi connectivity index (χ3n) is 4.31. The van der Waals surface area contributed by atoms with Gasteiger partial charge in [0.25, 0.3) is 5.56 Å². The predicted octanol–water partition coefficient (Wildman–Crippen LogP) is 3.50. The van der Waals surface area contributed by atoms with E-state index in [4.69, 9.17) is 4.52 Å². The number of alkyl halides is 3. The fraction of sp³-hybridized carbons (Fsp3) is 0.438. The van der Waals surface area contributed by atoms with E-state index in [-0.39, 0.29) is 23.1 Å². The van der Waals surface area contributed by atoms with Crippen LogP contribution in [0, 0.1) is 6.92 Å². The van der Waals surface area contributed by atoms with Crippen LogP contribution in [0.2, 0.25) is 0 Å². The fourth-order valence-corrected chi connectivity index (χ4v) is 3.15. The van der Waals surface area contributed by atoms with Gasteiger partial charge < -0.3 is 9.84 Å². The maximum Gasteiger partial charge on any atom is 0.416 e. The van der Waals surface area contributed by atoms with Crippen molar-refractivity contribution in [3.63, 3.8) is 0 Å². The first-order valence-electron chi connectivity index (χ1n) is 7.44. The number of hydrogen-bond donors (Lipinski definition) is 2. The zero-order valence-corrected chi connectivity index (χ0v) is 12.5. The molecule has 0 amide bonds. The molecule has 0 aliphatic carbocycles. The van der Waals surface area contributed by atoms with Gasteiger partial charge in [0.15, 0.2) is 0 Å². The lowest BCUT2D eigenvalue weighted by Crippen LogP contribution is -2.31. The molecule has 4 nitrogen and oxygen atoms in total. The number of aromatic amines is 1. The first-order valence-corrected chi connectivity index (χ1v) is 7.44. The molecule has 0 spiro atoms. The van der Waals surface area contributed by atoms with E-state index < -0.39 is 11.7 Å². The molecule has 1 aromatic carbocycles. The van der Waals surface area contributed by atoms with Gasteiger partial charge in [0.05, 0.1) is 5.56 Å². The Labute approximate surface area is 130 Å². The summed E-state index contributed by atoms with van der Waals surface area (Å²) in [5, 5.41) is 5.59. The Hall–Kier alpha value is -2.02. The van der Waals surface area contributed by atoms with Gasteiger partial charge in [-0.1, -0.05) is 12.1 Å². The average Bonchev–Trinajstić information content (AvgIpc) is 2.92. The van der Waals surface area contributed by atoms with Crippen molar-refractivity contribution in [2.45, 2.75) is 37.9 Å². The van der Waals surface area contributed by atoms with Crippen molar-refractivity contribution >= 4 is 0 Å². The molecule has 0 bridgehead atoms. The van der Waals surface area contributed by atoms with Crippen LogP contribution in [0.5, 0.6) is 0 Å². The van der Waals surface area contributed by atoms with E-state index in [9.17, 15) is 18.0 Å². The van der Waals surface area contributed by atoms with Crippen LogP contribution in [0.1, 0.15) is 47.3 Å². The van der Waals surface area contributed by atoms with Gasteiger partial charge >= 0.3 is 6.18 Å². The summed E-state index contributed by atoms with van der Waals surface area (Å²) in [6.07, 6.45) is -2.85. The van der Waals surface area contributed by atoms with Crippen LogP contribution in [-0.4, -0.2) is 11.7 Å². The van der Waals surface area contributed by atoms with Crippen LogP contribution in [0.3, 0.4) is 0 Å². The van der Waals surface area contributed by atoms with E-state index in [1.807, 2.05) is 0 Å². The molecule has 124 valence electrons. The largest absolute Gasteiger partial charge is 0.416 e. The molecule has 1 aliphatic rings. The molecular formula is C16H17F3N2O2. The molecule has 1 aliphatic heterocycles. The Morgan fingerprint density at radius 2 is 2.04 bits per heavy atom. The Morgan fingerprint density at radius 1 is 1.26 bits per heavy atom. The summed E-state index contributed by atoms with van der Waals surface area (Å²) in [5.41, 5.74) is 0.149. The van der Waals surface area contributed by atoms with Crippen molar-refractivity contribution < 1.29 is 17.7 Å². The molecule has 1 fully saturated rings. The molecule has 2 N–H and O–H groups in total. The number of rotatable bonds is 2. The lowest BCUT2D eigenvalue weighted by atomic mass is 9.86. The standard InChI is InChI=1S/C16H17F3N2O2/c1-9-6-10(2-3-12(9)16(17,18)19)13-7-11(4-5-20-13)14-8-15(22)21-23-14/h2-3,6,8,11,13,20H,4-5,7H2,1H3,(H,21,22)/t11-,13+/m0/s1. The van der Waals surface area contributed by atoms with Gasteiger partial charge in [-0.05, 0) is 43.5 Å². The van der Waals surface area contributed by atoms with Gasteiger partial charge in [-0.25, -0.2) is 0 Å². The molecule has 2 atom stereocenters. The molecule has 2 aromatic rings. The highest BCUT2D eigenvalue weighted by Crippen LogP contribution is 2.36. The van der Waals surface area contributed by atoms with Crippen molar-refractivity contribution in [2.24, 2.45) is 0 Å². The SMILES string of the molecule is Cc1cc([C@H]2C[C@@H](c3cc(=O)[nH]o3)CCN2)ccc1C(F)(F)F. The van der Waals surface area contributed by atoms with Crippen LogP contribution in [0.15, 0.2) is 33.6 Å². The summed E-state index contributed by atoms with van der Waals surface area (Å²) in [4.78, 5) is 11.2. The fourth-order valence-electron chi connectivity index (χ4n) is 3.15. The second-order valence-corrected chi connectivity index (χ2v) is 5.92. The zero-order valence-electron chi connectivity index (χ0n) is 12.5. The number of aryl methyl sites for hydroxylation is 1. The van der Waals surface area contributed by atoms with Crippen LogP contribution in [-0.2, 0) is 6.18 Å². The first-order chi connectivity index (χ1) is 10.8. The number of hydrogen-bond acceptors (Lipinski definition) is 3. The summed E-state index contributed by atoms with van der Waals surface area (Å²) in [6, 6.07) is 5.60. The molecule has 0 unspecified atom stereocenters. The first kappa shape index (κ1) is 15.9. The number of aromatic nitrogens is 1. The number of piperidine rings is 1. The van der Waals surface area contributed by atoms with Crippen molar-refractivity contribution in [1.29, 1.82) is 0 Å². The van der Waals surface area contributed by atoms with Crippen LogP contribution < -0.4 is 10.9 Å². The normalized spacial score (nSPS) is 22.3. The minimum Gasteiger partial charge on any atom is -0.383 e. The minimum atomic E-state index is -4.33. The Bertz CT molecular complexity index is 748. The van der Waals surface area contributed by atoms with Gasteiger partial charge in [-0.3, -0.25) is 4.79 Å². The maximum atomic E-state index is 12.8. The average molecular weight is 326 g/mol. The topological polar surface area (TPSA) is 58.0 Å². The second-order valence-electron chi connectivity index (χ2n) is 5.92. The Kier molecular flexibility index (Phi) is 4.06. The molecule has 0 saturated carbocycles. The second kappa shape index (κ2) is 5.88. The number of halogens is 3. The lowest BCUT2D eigenvalue weighted by molar-refractivity contribution is -0.138. The smallest absolute Gasteiger partial charge is 0.383 e. The van der Waals surface area contributed by atoms with E-state index in [0.29, 0.717) is 18.7 Å². The summed E-state index contributed by atoms with van der Waals surface area (Å²) in [7, 11) is 0. The van der Waals surface area contributed by atoms with E-state index in [0.717, 1.165) is 18.1 Å². The van der Waals surface area contributed by atoms with Crippen molar-refractivity contribution in [3.8, 4) is 0 Å². The van der Waals surface area contributed by atoms with Gasteiger partial charge in [0, 0.05) is 18.0 Å². The van der Waals surface area contributed by atoms with E-state index in [1.54, 1.807) is 6.07 Å². The molecule has 2 heterocycles. The lowest BCUT2D eigenvalue weighted by Gasteiger charge is -2.29. The van der Waals surface area contributed by atoms with E-state index >= 15 is 0 Å². The van der Waals surface area contributed by atoms with Gasteiger partial charge in [0.1, 0.15) is 5.76 Å². The summed E-state index contributed by atoms with van der Waals surface area (Å²) in [5.74, 6) is 0.674. The molecular weight excluding hydrogens is 309 g/mol. The number of nitrogens with one attached hydrogen (secondary N) is 2. The van der Waals surface area contributed by atoms with Crippen molar-refractivity contribution in [2.75, 3.05) is 6.54 Å². The Morgan fingerprint density at radius 3 is 2.65 bits per heavy atom. The zero-order chi connectivity index (χ0) is 16.6. The maximum absolute atomic E-state index is 12.8. The van der Waals surface area contributed by atoms with Crippen LogP contribution >= 0.6 is 0 Å². The molecule has 1 saturated heterocycles. The third-order valence-corrected chi connectivity index (χ3v) is 4.31. The highest BCUT2D eigenvalue weighted by atomic mass is 19.4. The highest BCUT2D eigenvalue weighted by molar-refractivity contribution is 5.35. The summed E-state index contributed by atoms with van der Waals surface area (Å²) < 4.78 is 43.7. The predicted molar refractivity (Wildman–Crippen MR) is 78.2 cm³/mol. The molecule has 7 heteroatoms. The Balaban J connectivity index is 1.81. The van der Waals surface area contributed by atoms with E-state index in [2.05, 4.69) is 10.5 Å². The number of benzene rings is 1. The number of H-pyrrole nitrogens is 1. The van der Waals surface area contributed by atoms with Crippen molar-refractivity contribution in [3.05, 3.63) is 57.1 Å². The van der Waals surface area contributed by atoms with Crippen LogP contribution in [0.4, 0.5) is 13.2 Å². The summed E-state index contributed by atoms with van der Waals surface area (Å²) >= 11 is 0. The van der Waals surface area contributed by atoms with E-state index in [1.165, 1.54) is 19.1 Å². The monoisotopic (exact) mass is 326 g/mol. The van der Waals surface area contributed by atoms with Gasteiger partial charge in [0.2, 0.25) is 0 Å². The van der Waals surface area contributed by atoms with Crippen molar-refractivity contribution in [1.82, 2.24) is 10.5 Å². The minimum absolute atomic E-state index is 0.0602. The molecule has 23 heavy (non-hydrogen) atoms. The third kappa shape index (κ3) is 3.34. The summed E-state index contributed by atoms with van der Waals surface area (Å²) in [6.45, 7) is 2.18. The molecule has 1 aromatic heterocycles. The van der Waals surface area contributed by atoms with Gasteiger partial charge in [-0.15, -0.1) is 0 Å². The van der Waals surface area contributed by atoms with Gasteiger partial charge in [-0.2, -0.15) is 18.3 Å². The quantitative estimate of drug-likeness (QED) is 0.888. The molecule has 0 radical (unpaired) electrons. The van der Waals surface area contributed by atoms with Crippen LogP contribution in [0.25, 0.3) is 0 Å². The molecule has 3 rings (SSSR count). The highest BCUT2D eigenvalue weighted by Gasteiger charge is 2.33.